The van der Waals surface area contributed by atoms with Gasteiger partial charge in [-0.15, -0.1) is 0 Å². The van der Waals surface area contributed by atoms with Crippen molar-refractivity contribution < 1.29 is 44.6 Å². The highest BCUT2D eigenvalue weighted by Crippen LogP contribution is 2.46. The van der Waals surface area contributed by atoms with Crippen molar-refractivity contribution in [2.75, 3.05) is 6.61 Å². The molecule has 0 amide bonds. The molecule has 4 rings (SSSR count). The second-order valence-electron chi connectivity index (χ2n) is 8.52. The zero-order valence-corrected chi connectivity index (χ0v) is 17.2. The number of ether oxygens (including phenoxy) is 2. The Bertz CT molecular complexity index is 964. The first-order chi connectivity index (χ1) is 14.6. The van der Waals surface area contributed by atoms with Gasteiger partial charge in [0.25, 0.3) is 0 Å². The van der Waals surface area contributed by atoms with Crippen LogP contribution in [-0.4, -0.2) is 73.9 Å². The SMILES string of the molecule is CCC[C@H]1O[C@](C)(O)Cc2cc3c(c(O)c21)C(=O)C([C@H]1OC(CO)[C@@H](O)[C@H]1O)=CC3=O. The molecule has 0 spiro atoms. The number of aliphatic hydroxyl groups excluding tert-OH is 3. The maximum absolute atomic E-state index is 13.3. The molecule has 3 aliphatic rings. The van der Waals surface area contributed by atoms with Gasteiger partial charge in [-0.25, -0.2) is 0 Å². The van der Waals surface area contributed by atoms with Gasteiger partial charge < -0.3 is 35.0 Å². The number of hydrogen-bond donors (Lipinski definition) is 5. The van der Waals surface area contributed by atoms with Crippen molar-refractivity contribution >= 4 is 11.6 Å². The highest BCUT2D eigenvalue weighted by atomic mass is 16.6. The zero-order chi connectivity index (χ0) is 22.7. The summed E-state index contributed by atoms with van der Waals surface area (Å²) in [5.41, 5.74) is 0.452. The van der Waals surface area contributed by atoms with Crippen LogP contribution in [0.4, 0.5) is 0 Å². The molecule has 1 aromatic carbocycles. The van der Waals surface area contributed by atoms with Crippen LogP contribution in [0, 0.1) is 0 Å². The van der Waals surface area contributed by atoms with Crippen LogP contribution in [0.15, 0.2) is 17.7 Å². The quantitative estimate of drug-likeness (QED) is 0.450. The van der Waals surface area contributed by atoms with E-state index in [9.17, 15) is 35.1 Å². The Morgan fingerprint density at radius 2 is 1.94 bits per heavy atom. The molecule has 31 heavy (non-hydrogen) atoms. The van der Waals surface area contributed by atoms with Gasteiger partial charge in [0.1, 0.15) is 30.2 Å². The minimum atomic E-state index is -1.52. The molecule has 5 N–H and O–H groups in total. The van der Waals surface area contributed by atoms with Gasteiger partial charge in [-0.1, -0.05) is 13.3 Å². The summed E-state index contributed by atoms with van der Waals surface area (Å²) >= 11 is 0. The minimum absolute atomic E-state index is 0.00954. The fourth-order valence-electron chi connectivity index (χ4n) is 4.69. The summed E-state index contributed by atoms with van der Waals surface area (Å²) in [6.07, 6.45) is -3.81. The maximum atomic E-state index is 13.3. The van der Waals surface area contributed by atoms with Crippen LogP contribution in [0.3, 0.4) is 0 Å². The molecule has 0 aromatic heterocycles. The number of ketones is 2. The lowest BCUT2D eigenvalue weighted by molar-refractivity contribution is -0.229. The smallest absolute Gasteiger partial charge is 0.196 e. The fraction of sp³-hybridized carbons (Fsp3) is 0.545. The average molecular weight is 434 g/mol. The van der Waals surface area contributed by atoms with E-state index in [4.69, 9.17) is 9.47 Å². The van der Waals surface area contributed by atoms with Crippen molar-refractivity contribution in [2.45, 2.75) is 69.4 Å². The van der Waals surface area contributed by atoms with Crippen LogP contribution in [-0.2, 0) is 15.9 Å². The van der Waals surface area contributed by atoms with Crippen LogP contribution in [0.5, 0.6) is 5.75 Å². The number of hydrogen-bond acceptors (Lipinski definition) is 9. The molecule has 0 radical (unpaired) electrons. The lowest BCUT2D eigenvalue weighted by Gasteiger charge is -2.37. The van der Waals surface area contributed by atoms with Gasteiger partial charge in [0.05, 0.1) is 18.3 Å². The largest absolute Gasteiger partial charge is 0.507 e. The first-order valence-corrected chi connectivity index (χ1v) is 10.3. The Labute approximate surface area is 178 Å². The third kappa shape index (κ3) is 3.51. The summed E-state index contributed by atoms with van der Waals surface area (Å²) in [6.45, 7) is 2.84. The average Bonchev–Trinajstić information content (AvgIpc) is 2.97. The number of benzene rings is 1. The molecule has 1 unspecified atom stereocenters. The molecule has 2 heterocycles. The minimum Gasteiger partial charge on any atom is -0.507 e. The number of carbonyl (C=O) groups excluding carboxylic acids is 2. The number of phenolic OH excluding ortho intramolecular Hbond substituents is 1. The highest BCUT2D eigenvalue weighted by Gasteiger charge is 2.48. The normalized spacial score (nSPS) is 35.0. The number of fused-ring (bicyclic) bond motifs is 2. The fourth-order valence-corrected chi connectivity index (χ4v) is 4.69. The topological polar surface area (TPSA) is 154 Å². The molecule has 2 aliphatic heterocycles. The predicted octanol–water partition coefficient (Wildman–Crippen LogP) is 0.301. The van der Waals surface area contributed by atoms with Gasteiger partial charge in [0.15, 0.2) is 17.4 Å². The molecule has 1 aliphatic carbocycles. The third-order valence-corrected chi connectivity index (χ3v) is 6.10. The molecule has 1 fully saturated rings. The van der Waals surface area contributed by atoms with E-state index >= 15 is 0 Å². The van der Waals surface area contributed by atoms with E-state index in [0.717, 1.165) is 6.08 Å². The van der Waals surface area contributed by atoms with Crippen LogP contribution in [0.25, 0.3) is 0 Å². The Morgan fingerprint density at radius 1 is 1.23 bits per heavy atom. The number of rotatable bonds is 4. The molecular formula is C22H26O9. The Balaban J connectivity index is 1.80. The van der Waals surface area contributed by atoms with Crippen LogP contribution in [0.1, 0.15) is 64.6 Å². The molecule has 0 saturated carbocycles. The van der Waals surface area contributed by atoms with E-state index < -0.39 is 60.2 Å². The van der Waals surface area contributed by atoms with Gasteiger partial charge in [0, 0.05) is 23.1 Å². The number of Topliss-reactive ketones (excluding diaryl/α,β-unsaturated/α-hetero) is 1. The summed E-state index contributed by atoms with van der Waals surface area (Å²) in [7, 11) is 0. The molecule has 1 aromatic rings. The van der Waals surface area contributed by atoms with Crippen molar-refractivity contribution in [3.05, 3.63) is 40.0 Å². The number of allylic oxidation sites excluding steroid dienone is 1. The highest BCUT2D eigenvalue weighted by molar-refractivity contribution is 6.26. The van der Waals surface area contributed by atoms with Gasteiger partial charge in [0.2, 0.25) is 0 Å². The van der Waals surface area contributed by atoms with Crippen LogP contribution in [0.2, 0.25) is 0 Å². The Hall–Kier alpha value is -2.14. The third-order valence-electron chi connectivity index (χ3n) is 6.10. The molecule has 1 saturated heterocycles. The van der Waals surface area contributed by atoms with E-state index in [0.29, 0.717) is 24.0 Å². The number of phenols is 1. The van der Waals surface area contributed by atoms with E-state index in [1.165, 1.54) is 13.0 Å². The second-order valence-corrected chi connectivity index (χ2v) is 8.52. The second kappa shape index (κ2) is 7.77. The monoisotopic (exact) mass is 434 g/mol. The predicted molar refractivity (Wildman–Crippen MR) is 106 cm³/mol. The van der Waals surface area contributed by atoms with Crippen LogP contribution >= 0.6 is 0 Å². The molecule has 168 valence electrons. The number of aromatic hydroxyl groups is 1. The van der Waals surface area contributed by atoms with Crippen molar-refractivity contribution in [1.82, 2.24) is 0 Å². The number of aliphatic hydroxyl groups is 4. The summed E-state index contributed by atoms with van der Waals surface area (Å²) < 4.78 is 11.1. The zero-order valence-electron chi connectivity index (χ0n) is 17.2. The van der Waals surface area contributed by atoms with E-state index in [1.54, 1.807) is 0 Å². The van der Waals surface area contributed by atoms with Crippen molar-refractivity contribution in [3.63, 3.8) is 0 Å². The van der Waals surface area contributed by atoms with E-state index in [-0.39, 0.29) is 23.1 Å². The van der Waals surface area contributed by atoms with E-state index in [1.807, 2.05) is 6.92 Å². The van der Waals surface area contributed by atoms with Gasteiger partial charge in [-0.2, -0.15) is 0 Å². The lowest BCUT2D eigenvalue weighted by atomic mass is 9.79. The summed E-state index contributed by atoms with van der Waals surface area (Å²) in [4.78, 5) is 26.2. The first-order valence-electron chi connectivity index (χ1n) is 10.3. The van der Waals surface area contributed by atoms with E-state index in [2.05, 4.69) is 0 Å². The first kappa shape index (κ1) is 22.1. The molecular weight excluding hydrogens is 408 g/mol. The Kier molecular flexibility index (Phi) is 5.53. The summed E-state index contributed by atoms with van der Waals surface area (Å²) in [5.74, 6) is -3.15. The van der Waals surface area contributed by atoms with Crippen molar-refractivity contribution in [2.24, 2.45) is 0 Å². The molecule has 9 nitrogen and oxygen atoms in total. The van der Waals surface area contributed by atoms with Crippen molar-refractivity contribution in [1.29, 1.82) is 0 Å². The standard InChI is InChI=1S/C22H26O9/c1-3-4-13-15-9(7-22(2,29)31-13)5-10-12(24)6-11(17(25)16(10)19(15)27)21-20(28)18(26)14(8-23)30-21/h5-6,13-14,18,20-21,23,26-29H,3-4,7-8H2,1-2H3/t13-,14?,18-,20-,21-,22+/m1/s1. The lowest BCUT2D eigenvalue weighted by Crippen LogP contribution is -2.39. The molecule has 9 heteroatoms. The van der Waals surface area contributed by atoms with Crippen LogP contribution < -0.4 is 0 Å². The summed E-state index contributed by atoms with van der Waals surface area (Å²) in [6, 6.07) is 1.49. The molecule has 0 bridgehead atoms. The van der Waals surface area contributed by atoms with Gasteiger partial charge in [-0.05, 0) is 31.1 Å². The number of carbonyl (C=O) groups is 2. The molecule has 6 atom stereocenters. The van der Waals surface area contributed by atoms with Gasteiger partial charge in [-0.3, -0.25) is 9.59 Å². The summed E-state index contributed by atoms with van der Waals surface area (Å²) in [5, 5.41) is 51.1. The van der Waals surface area contributed by atoms with Gasteiger partial charge >= 0.3 is 0 Å². The maximum Gasteiger partial charge on any atom is 0.196 e. The van der Waals surface area contributed by atoms with Crippen molar-refractivity contribution in [3.8, 4) is 5.75 Å². The Morgan fingerprint density at radius 3 is 2.55 bits per heavy atom.